The highest BCUT2D eigenvalue weighted by Crippen LogP contribution is 2.40. The Morgan fingerprint density at radius 3 is 2.60 bits per heavy atom. The number of hydrogen-bond acceptors (Lipinski definition) is 6. The zero-order chi connectivity index (χ0) is 26.0. The van der Waals surface area contributed by atoms with Crippen molar-refractivity contribution in [1.82, 2.24) is 14.9 Å². The van der Waals surface area contributed by atoms with E-state index in [1.54, 1.807) is 0 Å². The van der Waals surface area contributed by atoms with E-state index in [1.165, 1.54) is 18.0 Å². The number of Topliss-reactive ketones (excluding diaryl/α,β-unsaturated/α-hetero) is 1. The lowest BCUT2D eigenvalue weighted by molar-refractivity contribution is 0.0984. The molecule has 1 heterocycles. The predicted octanol–water partition coefficient (Wildman–Crippen LogP) is 4.51. The fourth-order valence-electron chi connectivity index (χ4n) is 4.31. The van der Waals surface area contributed by atoms with Crippen LogP contribution in [0.3, 0.4) is 0 Å². The lowest BCUT2D eigenvalue weighted by Gasteiger charge is -2.37. The third-order valence-electron chi connectivity index (χ3n) is 7.20. The van der Waals surface area contributed by atoms with Gasteiger partial charge in [-0.05, 0) is 73.9 Å². The molecule has 0 saturated heterocycles. The van der Waals surface area contributed by atoms with Crippen molar-refractivity contribution in [3.05, 3.63) is 58.7 Å². The van der Waals surface area contributed by atoms with Crippen molar-refractivity contribution in [2.24, 2.45) is 5.41 Å². The molecule has 0 aliphatic heterocycles. The summed E-state index contributed by atoms with van der Waals surface area (Å²) in [4.78, 5) is 21.9. The number of aromatic amines is 1. The van der Waals surface area contributed by atoms with Crippen LogP contribution in [0.2, 0.25) is 0 Å². The summed E-state index contributed by atoms with van der Waals surface area (Å²) in [7, 11) is -1.12. The summed E-state index contributed by atoms with van der Waals surface area (Å²) < 4.78 is 23.4. The highest BCUT2D eigenvalue weighted by atomic mass is 32.2. The van der Waals surface area contributed by atoms with Crippen molar-refractivity contribution in [3.8, 4) is 6.07 Å². The highest BCUT2D eigenvalue weighted by Gasteiger charge is 2.29. The summed E-state index contributed by atoms with van der Waals surface area (Å²) in [5.74, 6) is 0.124. The Bertz CT molecular complexity index is 1280. The van der Waals surface area contributed by atoms with Gasteiger partial charge in [0.1, 0.15) is 21.6 Å². The summed E-state index contributed by atoms with van der Waals surface area (Å²) in [5, 5.41) is 9.04. The van der Waals surface area contributed by atoms with Gasteiger partial charge in [0.2, 0.25) is 5.78 Å². The monoisotopic (exact) mass is 496 g/mol. The van der Waals surface area contributed by atoms with E-state index >= 15 is 0 Å². The van der Waals surface area contributed by atoms with Gasteiger partial charge in [-0.2, -0.15) is 5.26 Å². The molecule has 0 bridgehead atoms. The maximum atomic E-state index is 13.0. The molecule has 3 rings (SSSR count). The molecule has 35 heavy (non-hydrogen) atoms. The predicted molar refractivity (Wildman–Crippen MR) is 139 cm³/mol. The van der Waals surface area contributed by atoms with Gasteiger partial charge in [-0.15, -0.1) is 0 Å². The van der Waals surface area contributed by atoms with Crippen LogP contribution in [0.15, 0.2) is 30.5 Å². The van der Waals surface area contributed by atoms with Gasteiger partial charge >= 0.3 is 0 Å². The van der Waals surface area contributed by atoms with Gasteiger partial charge in [-0.25, -0.2) is 13.4 Å². The fourth-order valence-corrected chi connectivity index (χ4v) is 4.92. The molecule has 2 aromatic rings. The van der Waals surface area contributed by atoms with Crippen LogP contribution in [0.4, 0.5) is 0 Å². The fraction of sp³-hybridized carbons (Fsp3) is 0.519. The first-order valence-electron chi connectivity index (χ1n) is 11.9. The number of carbonyl (C=O) groups excluding carboxylic acids is 1. The van der Waals surface area contributed by atoms with E-state index in [0.717, 1.165) is 36.0 Å². The van der Waals surface area contributed by atoms with Crippen molar-refractivity contribution in [2.75, 3.05) is 25.6 Å². The van der Waals surface area contributed by atoms with Crippen molar-refractivity contribution in [1.29, 1.82) is 5.26 Å². The minimum atomic E-state index is -3.06. The third kappa shape index (κ3) is 6.68. The van der Waals surface area contributed by atoms with E-state index in [-0.39, 0.29) is 34.9 Å². The van der Waals surface area contributed by atoms with Crippen LogP contribution in [-0.2, 0) is 21.8 Å². The maximum Gasteiger partial charge on any atom is 0.202 e. The van der Waals surface area contributed by atoms with Gasteiger partial charge in [0.05, 0.1) is 11.9 Å². The third-order valence-corrected chi connectivity index (χ3v) is 8.12. The lowest BCUT2D eigenvalue weighted by atomic mass is 9.75. The Balaban J connectivity index is 1.97. The normalized spacial score (nSPS) is 16.1. The van der Waals surface area contributed by atoms with Gasteiger partial charge in [0, 0.05) is 24.8 Å². The molecule has 0 unspecified atom stereocenters. The zero-order valence-corrected chi connectivity index (χ0v) is 22.4. The first kappa shape index (κ1) is 26.8. The molecule has 0 fully saturated rings. The van der Waals surface area contributed by atoms with E-state index in [0.29, 0.717) is 6.54 Å². The second kappa shape index (κ2) is 10.1. The minimum Gasteiger partial charge on any atom is -0.327 e. The molecule has 0 saturated carbocycles. The van der Waals surface area contributed by atoms with Crippen LogP contribution in [0, 0.1) is 16.7 Å². The van der Waals surface area contributed by atoms with E-state index in [9.17, 15) is 13.2 Å². The molecule has 1 aromatic heterocycles. The highest BCUT2D eigenvalue weighted by molar-refractivity contribution is 7.90. The van der Waals surface area contributed by atoms with E-state index in [4.69, 9.17) is 5.26 Å². The molecule has 0 radical (unpaired) electrons. The minimum absolute atomic E-state index is 0.0977. The average Bonchev–Trinajstić information content (AvgIpc) is 3.27. The van der Waals surface area contributed by atoms with Crippen LogP contribution in [0.5, 0.6) is 0 Å². The maximum absolute atomic E-state index is 13.0. The summed E-state index contributed by atoms with van der Waals surface area (Å²) >= 11 is 0. The number of hydrogen-bond donors (Lipinski definition) is 1. The molecular formula is C27H36N4O3S. The number of benzene rings is 1. The Morgan fingerprint density at radius 1 is 1.31 bits per heavy atom. The van der Waals surface area contributed by atoms with E-state index in [2.05, 4.69) is 54.7 Å². The zero-order valence-electron chi connectivity index (χ0n) is 21.6. The summed E-state index contributed by atoms with van der Waals surface area (Å²) in [5.41, 5.74) is 4.40. The number of H-pyrrole nitrogens is 1. The lowest BCUT2D eigenvalue weighted by Crippen LogP contribution is -2.41. The standard InChI is InChI=1S/C27H36N4O3S/c1-26(2)11-9-19(10-12-26)23-16-21(27(3,4)31(5)13-14-35(6,33)34)8-7-20(23)15-24(32)25-29-18-22(17-28)30-25/h7-9,16,18H,10-15H2,1-6H3,(H,29,30). The number of ketones is 1. The number of nitrogens with zero attached hydrogens (tertiary/aromatic N) is 3. The topological polar surface area (TPSA) is 107 Å². The number of nitriles is 1. The van der Waals surface area contributed by atoms with Crippen molar-refractivity contribution in [3.63, 3.8) is 0 Å². The number of allylic oxidation sites excluding steroid dienone is 2. The number of carbonyl (C=O) groups is 1. The first-order valence-corrected chi connectivity index (χ1v) is 14.0. The van der Waals surface area contributed by atoms with Gasteiger partial charge in [-0.3, -0.25) is 9.69 Å². The van der Waals surface area contributed by atoms with E-state index < -0.39 is 15.4 Å². The van der Waals surface area contributed by atoms with E-state index in [1.807, 2.05) is 25.2 Å². The molecule has 188 valence electrons. The Hall–Kier alpha value is -2.76. The molecule has 1 aliphatic carbocycles. The molecule has 1 aliphatic rings. The van der Waals surface area contributed by atoms with Crippen LogP contribution < -0.4 is 0 Å². The summed E-state index contributed by atoms with van der Waals surface area (Å²) in [6.07, 6.45) is 8.07. The molecule has 7 nitrogen and oxygen atoms in total. The van der Waals surface area contributed by atoms with Gasteiger partial charge < -0.3 is 4.98 Å². The number of aromatic nitrogens is 2. The van der Waals surface area contributed by atoms with Crippen LogP contribution >= 0.6 is 0 Å². The number of sulfone groups is 1. The summed E-state index contributed by atoms with van der Waals surface area (Å²) in [6.45, 7) is 9.14. The quantitative estimate of drug-likeness (QED) is 0.512. The second-order valence-electron chi connectivity index (χ2n) is 10.9. The van der Waals surface area contributed by atoms with Crippen LogP contribution in [0.1, 0.15) is 80.0 Å². The molecule has 8 heteroatoms. The first-order chi connectivity index (χ1) is 16.2. The van der Waals surface area contributed by atoms with Gasteiger partial charge in [0.15, 0.2) is 5.82 Å². The molecule has 1 N–H and O–H groups in total. The largest absolute Gasteiger partial charge is 0.327 e. The number of imidazole rings is 1. The molecule has 0 atom stereocenters. The molecule has 0 amide bonds. The molecule has 0 spiro atoms. The Kier molecular flexibility index (Phi) is 7.73. The Morgan fingerprint density at radius 2 is 2.03 bits per heavy atom. The molecule has 1 aromatic carbocycles. The smallest absolute Gasteiger partial charge is 0.202 e. The second-order valence-corrected chi connectivity index (χ2v) is 13.2. The van der Waals surface area contributed by atoms with Crippen molar-refractivity contribution < 1.29 is 13.2 Å². The SMILES string of the molecule is CN(CCS(C)(=O)=O)C(C)(C)c1ccc(CC(=O)c2ncc(C#N)[nH]2)c(C2=CCC(C)(C)CC2)c1. The number of nitrogens with one attached hydrogen (secondary N) is 1. The number of rotatable bonds is 9. The summed E-state index contributed by atoms with van der Waals surface area (Å²) in [6, 6.07) is 8.16. The average molecular weight is 497 g/mol. The van der Waals surface area contributed by atoms with Crippen LogP contribution in [-0.4, -0.2) is 54.7 Å². The van der Waals surface area contributed by atoms with Crippen molar-refractivity contribution >= 4 is 21.2 Å². The molecular weight excluding hydrogens is 460 g/mol. The van der Waals surface area contributed by atoms with Gasteiger partial charge in [0.25, 0.3) is 0 Å². The van der Waals surface area contributed by atoms with Crippen molar-refractivity contribution in [2.45, 2.75) is 58.9 Å². The van der Waals surface area contributed by atoms with Gasteiger partial charge in [-0.1, -0.05) is 32.1 Å². The Labute approximate surface area is 209 Å². The van der Waals surface area contributed by atoms with Crippen LogP contribution in [0.25, 0.3) is 5.57 Å².